The molecule has 1 aromatic heterocycles. The lowest BCUT2D eigenvalue weighted by Crippen LogP contribution is -2.06. The van der Waals surface area contributed by atoms with Crippen molar-refractivity contribution in [2.45, 2.75) is 20.4 Å². The van der Waals surface area contributed by atoms with Crippen LogP contribution in [0.1, 0.15) is 16.8 Å². The van der Waals surface area contributed by atoms with Gasteiger partial charge >= 0.3 is 0 Å². The van der Waals surface area contributed by atoms with E-state index in [1.165, 1.54) is 12.1 Å². The van der Waals surface area contributed by atoms with Gasteiger partial charge in [0.1, 0.15) is 11.6 Å². The number of aryl methyl sites for hydroxylation is 1. The van der Waals surface area contributed by atoms with E-state index in [4.69, 9.17) is 5.73 Å². The quantitative estimate of drug-likeness (QED) is 0.842. The number of anilines is 1. The van der Waals surface area contributed by atoms with E-state index in [2.05, 4.69) is 5.10 Å². The average molecular weight is 219 g/mol. The summed E-state index contributed by atoms with van der Waals surface area (Å²) in [6.07, 6.45) is 0. The van der Waals surface area contributed by atoms with E-state index in [-0.39, 0.29) is 5.82 Å². The Morgan fingerprint density at radius 1 is 1.38 bits per heavy atom. The molecule has 0 saturated heterocycles. The molecule has 3 nitrogen and oxygen atoms in total. The van der Waals surface area contributed by atoms with E-state index in [1.807, 2.05) is 19.9 Å². The van der Waals surface area contributed by atoms with Crippen LogP contribution in [-0.4, -0.2) is 9.78 Å². The third-order valence-electron chi connectivity index (χ3n) is 2.70. The number of hydrogen-bond donors (Lipinski definition) is 1. The zero-order valence-electron chi connectivity index (χ0n) is 9.37. The van der Waals surface area contributed by atoms with Crippen LogP contribution < -0.4 is 5.73 Å². The molecule has 0 spiro atoms. The summed E-state index contributed by atoms with van der Waals surface area (Å²) in [6.45, 7) is 4.34. The summed E-state index contributed by atoms with van der Waals surface area (Å²) in [6, 6.07) is 6.46. The first-order valence-electron chi connectivity index (χ1n) is 5.12. The fourth-order valence-electron chi connectivity index (χ4n) is 1.62. The van der Waals surface area contributed by atoms with Gasteiger partial charge in [0.25, 0.3) is 0 Å². The zero-order valence-corrected chi connectivity index (χ0v) is 9.37. The lowest BCUT2D eigenvalue weighted by atomic mass is 10.2. The smallest absolute Gasteiger partial charge is 0.125 e. The maximum Gasteiger partial charge on any atom is 0.125 e. The SMILES string of the molecule is Cc1nn(Cc2cccc(F)c2)c(N)c1C. The van der Waals surface area contributed by atoms with Crippen molar-refractivity contribution in [2.24, 2.45) is 0 Å². The van der Waals surface area contributed by atoms with Gasteiger partial charge in [-0.1, -0.05) is 12.1 Å². The Kier molecular flexibility index (Phi) is 2.64. The topological polar surface area (TPSA) is 43.8 Å². The highest BCUT2D eigenvalue weighted by atomic mass is 19.1. The summed E-state index contributed by atoms with van der Waals surface area (Å²) < 4.78 is 14.7. The summed E-state index contributed by atoms with van der Waals surface area (Å²) in [7, 11) is 0. The van der Waals surface area contributed by atoms with Crippen molar-refractivity contribution in [2.75, 3.05) is 5.73 Å². The van der Waals surface area contributed by atoms with Crippen LogP contribution in [0.15, 0.2) is 24.3 Å². The van der Waals surface area contributed by atoms with Gasteiger partial charge in [0.15, 0.2) is 0 Å². The van der Waals surface area contributed by atoms with Gasteiger partial charge in [-0.15, -0.1) is 0 Å². The molecule has 0 aliphatic heterocycles. The fraction of sp³-hybridized carbons (Fsp3) is 0.250. The van der Waals surface area contributed by atoms with E-state index in [0.717, 1.165) is 16.8 Å². The largest absolute Gasteiger partial charge is 0.384 e. The number of aromatic nitrogens is 2. The van der Waals surface area contributed by atoms with Crippen LogP contribution in [0.2, 0.25) is 0 Å². The third kappa shape index (κ3) is 1.91. The van der Waals surface area contributed by atoms with Gasteiger partial charge in [0.2, 0.25) is 0 Å². The molecule has 0 atom stereocenters. The molecule has 84 valence electrons. The van der Waals surface area contributed by atoms with Gasteiger partial charge in [0.05, 0.1) is 12.2 Å². The standard InChI is InChI=1S/C12H14FN3/c1-8-9(2)15-16(12(8)14)7-10-4-3-5-11(13)6-10/h3-6H,7,14H2,1-2H3. The molecular weight excluding hydrogens is 205 g/mol. The molecule has 1 heterocycles. The van der Waals surface area contributed by atoms with Crippen molar-refractivity contribution in [3.8, 4) is 0 Å². The number of nitrogens with two attached hydrogens (primary N) is 1. The number of nitrogens with zero attached hydrogens (tertiary/aromatic N) is 2. The number of nitrogen functional groups attached to an aromatic ring is 1. The Bertz CT molecular complexity index is 517. The second kappa shape index (κ2) is 3.96. The minimum absolute atomic E-state index is 0.239. The fourth-order valence-corrected chi connectivity index (χ4v) is 1.62. The molecule has 0 saturated carbocycles. The van der Waals surface area contributed by atoms with E-state index >= 15 is 0 Å². The zero-order chi connectivity index (χ0) is 11.7. The predicted molar refractivity (Wildman–Crippen MR) is 61.6 cm³/mol. The van der Waals surface area contributed by atoms with Crippen molar-refractivity contribution in [1.29, 1.82) is 0 Å². The van der Waals surface area contributed by atoms with Gasteiger partial charge in [-0.3, -0.25) is 0 Å². The Balaban J connectivity index is 2.30. The molecule has 1 aromatic carbocycles. The normalized spacial score (nSPS) is 10.7. The lowest BCUT2D eigenvalue weighted by Gasteiger charge is -2.04. The van der Waals surface area contributed by atoms with E-state index in [1.54, 1.807) is 10.7 Å². The molecule has 0 aliphatic carbocycles. The van der Waals surface area contributed by atoms with Gasteiger partial charge in [0, 0.05) is 5.56 Å². The van der Waals surface area contributed by atoms with Crippen molar-refractivity contribution >= 4 is 5.82 Å². The molecule has 0 unspecified atom stereocenters. The minimum atomic E-state index is -0.239. The van der Waals surface area contributed by atoms with Crippen LogP contribution in [-0.2, 0) is 6.54 Å². The van der Waals surface area contributed by atoms with Crippen LogP contribution >= 0.6 is 0 Å². The number of hydrogen-bond acceptors (Lipinski definition) is 2. The van der Waals surface area contributed by atoms with Crippen LogP contribution in [0.4, 0.5) is 10.2 Å². The highest BCUT2D eigenvalue weighted by molar-refractivity contribution is 5.42. The molecule has 0 aliphatic rings. The van der Waals surface area contributed by atoms with Gasteiger partial charge in [-0.05, 0) is 31.5 Å². The Labute approximate surface area is 93.7 Å². The Hall–Kier alpha value is -1.84. The second-order valence-corrected chi connectivity index (χ2v) is 3.88. The minimum Gasteiger partial charge on any atom is -0.384 e. The van der Waals surface area contributed by atoms with Crippen LogP contribution in [0.5, 0.6) is 0 Å². The van der Waals surface area contributed by atoms with Crippen molar-refractivity contribution < 1.29 is 4.39 Å². The van der Waals surface area contributed by atoms with E-state index in [0.29, 0.717) is 12.4 Å². The van der Waals surface area contributed by atoms with Crippen LogP contribution in [0.25, 0.3) is 0 Å². The lowest BCUT2D eigenvalue weighted by molar-refractivity contribution is 0.619. The predicted octanol–water partition coefficient (Wildman–Crippen LogP) is 2.27. The molecule has 4 heteroatoms. The molecule has 16 heavy (non-hydrogen) atoms. The van der Waals surface area contributed by atoms with Gasteiger partial charge < -0.3 is 5.73 Å². The summed E-state index contributed by atoms with van der Waals surface area (Å²) in [5.74, 6) is 0.401. The number of halogens is 1. The van der Waals surface area contributed by atoms with Crippen LogP contribution in [0.3, 0.4) is 0 Å². The molecular formula is C12H14FN3. The highest BCUT2D eigenvalue weighted by Crippen LogP contribution is 2.16. The molecule has 0 fully saturated rings. The van der Waals surface area contributed by atoms with E-state index < -0.39 is 0 Å². The molecule has 0 radical (unpaired) electrons. The molecule has 2 aromatic rings. The van der Waals surface area contributed by atoms with Crippen molar-refractivity contribution in [1.82, 2.24) is 9.78 Å². The molecule has 0 bridgehead atoms. The monoisotopic (exact) mass is 219 g/mol. The highest BCUT2D eigenvalue weighted by Gasteiger charge is 2.08. The average Bonchev–Trinajstić information content (AvgIpc) is 2.47. The van der Waals surface area contributed by atoms with Gasteiger partial charge in [-0.2, -0.15) is 5.10 Å². The summed E-state index contributed by atoms with van der Waals surface area (Å²) >= 11 is 0. The first-order chi connectivity index (χ1) is 7.58. The molecule has 2 N–H and O–H groups in total. The Morgan fingerprint density at radius 3 is 2.69 bits per heavy atom. The van der Waals surface area contributed by atoms with E-state index in [9.17, 15) is 4.39 Å². The first kappa shape index (κ1) is 10.7. The number of rotatable bonds is 2. The van der Waals surface area contributed by atoms with Crippen molar-refractivity contribution in [3.63, 3.8) is 0 Å². The Morgan fingerprint density at radius 2 is 2.12 bits per heavy atom. The third-order valence-corrected chi connectivity index (χ3v) is 2.70. The second-order valence-electron chi connectivity index (χ2n) is 3.88. The number of benzene rings is 1. The summed E-state index contributed by atoms with van der Waals surface area (Å²) in [4.78, 5) is 0. The van der Waals surface area contributed by atoms with Crippen LogP contribution in [0, 0.1) is 19.7 Å². The summed E-state index contributed by atoms with van der Waals surface area (Å²) in [5, 5.41) is 4.30. The maximum absolute atomic E-state index is 13.0. The summed E-state index contributed by atoms with van der Waals surface area (Å²) in [5.41, 5.74) is 8.65. The first-order valence-corrected chi connectivity index (χ1v) is 5.12. The maximum atomic E-state index is 13.0. The molecule has 2 rings (SSSR count). The van der Waals surface area contributed by atoms with Crippen molar-refractivity contribution in [3.05, 3.63) is 46.9 Å². The van der Waals surface area contributed by atoms with Gasteiger partial charge in [-0.25, -0.2) is 9.07 Å². The molecule has 0 amide bonds.